The molecule has 0 spiro atoms. The third-order valence-corrected chi connectivity index (χ3v) is 4.16. The topological polar surface area (TPSA) is 36.4 Å². The summed E-state index contributed by atoms with van der Waals surface area (Å²) in [6.07, 6.45) is 0.634. The van der Waals surface area contributed by atoms with Crippen molar-refractivity contribution in [2.24, 2.45) is 4.99 Å². The smallest absolute Gasteiger partial charge is 0.191 e. The fraction of sp³-hybridized carbons (Fsp3) is 0.353. The number of nitrogens with one attached hydrogen (secondary N) is 2. The average molecular weight is 319 g/mol. The van der Waals surface area contributed by atoms with Crippen LogP contribution in [0, 0.1) is 12.7 Å². The summed E-state index contributed by atoms with van der Waals surface area (Å²) in [5, 5.41) is 6.46. The second kappa shape index (κ2) is 8.54. The summed E-state index contributed by atoms with van der Waals surface area (Å²) in [7, 11) is 0. The maximum absolute atomic E-state index is 13.6. The first-order valence-electron chi connectivity index (χ1n) is 7.50. The molecule has 0 bridgehead atoms. The minimum atomic E-state index is -0.152. The van der Waals surface area contributed by atoms with Crippen LogP contribution in [0.3, 0.4) is 0 Å². The molecule has 22 heavy (non-hydrogen) atoms. The van der Waals surface area contributed by atoms with Crippen LogP contribution >= 0.6 is 11.3 Å². The molecule has 0 unspecified atom stereocenters. The van der Waals surface area contributed by atoms with Crippen LogP contribution in [0.5, 0.6) is 0 Å². The molecule has 2 aromatic rings. The van der Waals surface area contributed by atoms with Gasteiger partial charge in [-0.15, -0.1) is 11.3 Å². The number of thiophene rings is 1. The van der Waals surface area contributed by atoms with E-state index < -0.39 is 0 Å². The van der Waals surface area contributed by atoms with E-state index >= 15 is 0 Å². The van der Waals surface area contributed by atoms with Gasteiger partial charge in [0.15, 0.2) is 5.96 Å². The number of guanidine groups is 1. The number of halogens is 1. The molecular weight excluding hydrogens is 297 g/mol. The summed E-state index contributed by atoms with van der Waals surface area (Å²) in [5.41, 5.74) is 0.722. The number of nitrogens with zero attached hydrogens (tertiary/aromatic N) is 1. The maximum atomic E-state index is 13.6. The minimum Gasteiger partial charge on any atom is -0.357 e. The zero-order valence-electron chi connectivity index (χ0n) is 13.0. The van der Waals surface area contributed by atoms with Gasteiger partial charge in [0.2, 0.25) is 0 Å². The molecule has 5 heteroatoms. The summed E-state index contributed by atoms with van der Waals surface area (Å²) in [5.74, 6) is 0.616. The van der Waals surface area contributed by atoms with E-state index in [1.807, 2.05) is 19.1 Å². The summed E-state index contributed by atoms with van der Waals surface area (Å²) < 4.78 is 13.6. The summed E-state index contributed by atoms with van der Waals surface area (Å²) in [4.78, 5) is 7.10. The standard InChI is InChI=1S/C17H22FN3S/c1-3-19-17(21-12-15-9-8-13(2)22-15)20-11-10-14-6-4-5-7-16(14)18/h4-9H,3,10-12H2,1-2H3,(H2,19,20,21). The van der Waals surface area contributed by atoms with Gasteiger partial charge >= 0.3 is 0 Å². The molecule has 1 heterocycles. The lowest BCUT2D eigenvalue weighted by atomic mass is 10.1. The summed E-state index contributed by atoms with van der Waals surface area (Å²) >= 11 is 1.76. The predicted molar refractivity (Wildman–Crippen MR) is 92.0 cm³/mol. The van der Waals surface area contributed by atoms with Gasteiger partial charge in [0, 0.05) is 22.8 Å². The van der Waals surface area contributed by atoms with Crippen LogP contribution in [0.15, 0.2) is 41.4 Å². The summed E-state index contributed by atoms with van der Waals surface area (Å²) in [6, 6.07) is 11.1. The Morgan fingerprint density at radius 2 is 2.00 bits per heavy atom. The van der Waals surface area contributed by atoms with Crippen molar-refractivity contribution in [1.82, 2.24) is 10.6 Å². The average Bonchev–Trinajstić information content (AvgIpc) is 2.92. The van der Waals surface area contributed by atoms with E-state index in [1.54, 1.807) is 17.4 Å². The molecule has 1 aromatic carbocycles. The number of benzene rings is 1. The third-order valence-electron chi connectivity index (χ3n) is 3.18. The van der Waals surface area contributed by atoms with Crippen molar-refractivity contribution in [1.29, 1.82) is 0 Å². The van der Waals surface area contributed by atoms with E-state index in [0.29, 0.717) is 19.5 Å². The highest BCUT2D eigenvalue weighted by Crippen LogP contribution is 2.15. The lowest BCUT2D eigenvalue weighted by Crippen LogP contribution is -2.38. The zero-order valence-corrected chi connectivity index (χ0v) is 13.8. The number of rotatable bonds is 6. The highest BCUT2D eigenvalue weighted by Gasteiger charge is 2.02. The van der Waals surface area contributed by atoms with Crippen LogP contribution in [0.1, 0.15) is 22.2 Å². The lowest BCUT2D eigenvalue weighted by molar-refractivity contribution is 0.606. The Bertz CT molecular complexity index is 622. The number of aryl methyl sites for hydroxylation is 1. The monoisotopic (exact) mass is 319 g/mol. The van der Waals surface area contributed by atoms with Crippen molar-refractivity contribution in [2.75, 3.05) is 13.1 Å². The molecule has 0 saturated carbocycles. The van der Waals surface area contributed by atoms with Crippen molar-refractivity contribution in [3.8, 4) is 0 Å². The molecule has 2 N–H and O–H groups in total. The Balaban J connectivity index is 1.87. The van der Waals surface area contributed by atoms with Crippen LogP contribution in [-0.2, 0) is 13.0 Å². The minimum absolute atomic E-state index is 0.152. The van der Waals surface area contributed by atoms with Gasteiger partial charge in [-0.3, -0.25) is 0 Å². The first-order chi connectivity index (χ1) is 10.7. The van der Waals surface area contributed by atoms with Crippen LogP contribution in [0.2, 0.25) is 0 Å². The van der Waals surface area contributed by atoms with Crippen LogP contribution in [-0.4, -0.2) is 19.0 Å². The highest BCUT2D eigenvalue weighted by atomic mass is 32.1. The molecule has 3 nitrogen and oxygen atoms in total. The number of hydrogen-bond acceptors (Lipinski definition) is 2. The molecule has 0 radical (unpaired) electrons. The molecule has 0 aliphatic heterocycles. The van der Waals surface area contributed by atoms with Crippen molar-refractivity contribution in [3.63, 3.8) is 0 Å². The highest BCUT2D eigenvalue weighted by molar-refractivity contribution is 7.11. The van der Waals surface area contributed by atoms with Crippen LogP contribution in [0.25, 0.3) is 0 Å². The quantitative estimate of drug-likeness (QED) is 0.631. The Morgan fingerprint density at radius 3 is 2.68 bits per heavy atom. The predicted octanol–water partition coefficient (Wildman–Crippen LogP) is 3.49. The molecular formula is C17H22FN3S. The van der Waals surface area contributed by atoms with E-state index in [0.717, 1.165) is 18.1 Å². The Morgan fingerprint density at radius 1 is 1.18 bits per heavy atom. The Kier molecular flexibility index (Phi) is 6.40. The van der Waals surface area contributed by atoms with Gasteiger partial charge in [0.25, 0.3) is 0 Å². The molecule has 2 rings (SSSR count). The van der Waals surface area contributed by atoms with E-state index in [9.17, 15) is 4.39 Å². The zero-order chi connectivity index (χ0) is 15.8. The number of aliphatic imine (C=N–C) groups is 1. The Hall–Kier alpha value is -1.88. The first kappa shape index (κ1) is 16.5. The Labute approximate surface area is 135 Å². The van der Waals surface area contributed by atoms with Crippen molar-refractivity contribution in [2.45, 2.75) is 26.8 Å². The molecule has 0 atom stereocenters. The van der Waals surface area contributed by atoms with E-state index in [2.05, 4.69) is 34.7 Å². The SMILES string of the molecule is CCNC(=NCc1ccc(C)s1)NCCc1ccccc1F. The largest absolute Gasteiger partial charge is 0.357 e. The number of hydrogen-bond donors (Lipinski definition) is 2. The fourth-order valence-electron chi connectivity index (χ4n) is 2.09. The van der Waals surface area contributed by atoms with Gasteiger partial charge < -0.3 is 10.6 Å². The van der Waals surface area contributed by atoms with Gasteiger partial charge in [-0.05, 0) is 44.0 Å². The van der Waals surface area contributed by atoms with Crippen LogP contribution in [0.4, 0.5) is 4.39 Å². The van der Waals surface area contributed by atoms with Gasteiger partial charge in [-0.1, -0.05) is 18.2 Å². The fourth-order valence-corrected chi connectivity index (χ4v) is 2.90. The van der Waals surface area contributed by atoms with Gasteiger partial charge in [-0.2, -0.15) is 0 Å². The molecule has 0 saturated heterocycles. The van der Waals surface area contributed by atoms with E-state index in [4.69, 9.17) is 0 Å². The van der Waals surface area contributed by atoms with Crippen molar-refractivity contribution in [3.05, 3.63) is 57.5 Å². The van der Waals surface area contributed by atoms with E-state index in [1.165, 1.54) is 15.8 Å². The second-order valence-electron chi connectivity index (χ2n) is 4.98. The van der Waals surface area contributed by atoms with Crippen molar-refractivity contribution >= 4 is 17.3 Å². The first-order valence-corrected chi connectivity index (χ1v) is 8.31. The maximum Gasteiger partial charge on any atom is 0.191 e. The van der Waals surface area contributed by atoms with Gasteiger partial charge in [0.1, 0.15) is 5.82 Å². The molecule has 0 aliphatic carbocycles. The van der Waals surface area contributed by atoms with E-state index in [-0.39, 0.29) is 5.82 Å². The molecule has 1 aromatic heterocycles. The lowest BCUT2D eigenvalue weighted by Gasteiger charge is -2.11. The van der Waals surface area contributed by atoms with Crippen molar-refractivity contribution < 1.29 is 4.39 Å². The van der Waals surface area contributed by atoms with Gasteiger partial charge in [-0.25, -0.2) is 9.38 Å². The normalized spacial score (nSPS) is 11.5. The third kappa shape index (κ3) is 5.15. The molecule has 118 valence electrons. The molecule has 0 aliphatic rings. The molecule has 0 fully saturated rings. The molecule has 0 amide bonds. The van der Waals surface area contributed by atoms with Gasteiger partial charge in [0.05, 0.1) is 6.54 Å². The summed E-state index contributed by atoms with van der Waals surface area (Å²) in [6.45, 7) is 6.23. The second-order valence-corrected chi connectivity index (χ2v) is 6.35. The van der Waals surface area contributed by atoms with Crippen LogP contribution < -0.4 is 10.6 Å².